The summed E-state index contributed by atoms with van der Waals surface area (Å²) in [6.45, 7) is 4.69. The van der Waals surface area contributed by atoms with Gasteiger partial charge in [0.25, 0.3) is 11.5 Å². The van der Waals surface area contributed by atoms with Crippen LogP contribution in [0.1, 0.15) is 35.1 Å². The molecule has 0 atom stereocenters. The lowest BCUT2D eigenvalue weighted by molar-refractivity contribution is 0.0523. The number of nitrogens with zero attached hydrogens (tertiary/aromatic N) is 4. The third-order valence-electron chi connectivity index (χ3n) is 6.45. The van der Waals surface area contributed by atoms with Crippen LogP contribution in [0.2, 0.25) is 10.0 Å². The van der Waals surface area contributed by atoms with E-state index < -0.39 is 5.97 Å². The molecule has 2 heterocycles. The number of likely N-dealkylation sites (N-methyl/N-ethyl adjacent to an activating group) is 1. The quantitative estimate of drug-likeness (QED) is 0.392. The largest absolute Gasteiger partial charge is 0.462 e. The van der Waals surface area contributed by atoms with Gasteiger partial charge >= 0.3 is 5.97 Å². The second-order valence-corrected chi connectivity index (χ2v) is 9.94. The van der Waals surface area contributed by atoms with Crippen LogP contribution in [0.25, 0.3) is 10.9 Å². The fraction of sp³-hybridized carbons (Fsp3) is 0.393. The average Bonchev–Trinajstić information content (AvgIpc) is 2.88. The normalized spacial score (nSPS) is 13.5. The second-order valence-electron chi connectivity index (χ2n) is 9.13. The highest BCUT2D eigenvalue weighted by atomic mass is 35.5. The molecule has 2 aromatic carbocycles. The molecule has 0 radical (unpaired) electrons. The molecule has 0 bridgehead atoms. The summed E-state index contributed by atoms with van der Waals surface area (Å²) in [7, 11) is 3.87. The van der Waals surface area contributed by atoms with Crippen LogP contribution in [0.4, 0.5) is 5.69 Å². The molecule has 1 saturated heterocycles. The number of amides is 1. The summed E-state index contributed by atoms with van der Waals surface area (Å²) >= 11 is 12.1. The van der Waals surface area contributed by atoms with Gasteiger partial charge in [0.05, 0.1) is 27.9 Å². The topological polar surface area (TPSA) is 75.1 Å². The minimum Gasteiger partial charge on any atom is -0.462 e. The van der Waals surface area contributed by atoms with Crippen molar-refractivity contribution >= 4 is 51.7 Å². The highest BCUT2D eigenvalue weighted by Crippen LogP contribution is 2.31. The van der Waals surface area contributed by atoms with Crippen LogP contribution in [0.5, 0.6) is 0 Å². The molecule has 1 aliphatic heterocycles. The Hall–Kier alpha value is -3.07. The number of anilines is 1. The van der Waals surface area contributed by atoms with Gasteiger partial charge in [0.2, 0.25) is 0 Å². The van der Waals surface area contributed by atoms with E-state index in [4.69, 9.17) is 27.9 Å². The number of carbonyl (C=O) groups excluding carboxylic acids is 2. The summed E-state index contributed by atoms with van der Waals surface area (Å²) in [5.41, 5.74) is 1.43. The Morgan fingerprint density at radius 2 is 1.68 bits per heavy atom. The van der Waals surface area contributed by atoms with Crippen LogP contribution in [-0.4, -0.2) is 79.7 Å². The number of pyridine rings is 1. The monoisotopic (exact) mass is 560 g/mol. The predicted molar refractivity (Wildman–Crippen MR) is 154 cm³/mol. The molecule has 0 aliphatic carbocycles. The molecule has 1 fully saturated rings. The van der Waals surface area contributed by atoms with Gasteiger partial charge in [-0.1, -0.05) is 48.8 Å². The molecule has 0 N–H and O–H groups in total. The van der Waals surface area contributed by atoms with Crippen molar-refractivity contribution in [2.45, 2.75) is 20.9 Å². The van der Waals surface area contributed by atoms with Crippen LogP contribution in [0, 0.1) is 0 Å². The second kappa shape index (κ2) is 12.7. The highest BCUT2D eigenvalue weighted by Gasteiger charge is 2.30. The Bertz CT molecular complexity index is 1380. The zero-order valence-electron chi connectivity index (χ0n) is 21.2. The first-order valence-electron chi connectivity index (χ1n) is 12.2. The summed E-state index contributed by atoms with van der Waals surface area (Å²) in [5, 5.41) is 1.52. The average molecular weight is 562 g/mol. The molecule has 0 spiro atoms. The highest BCUT2D eigenvalue weighted by molar-refractivity contribution is 6.42. The Kier molecular flexibility index (Phi) is 9.82. The maximum Gasteiger partial charge on any atom is 0.345 e. The van der Waals surface area contributed by atoms with E-state index in [1.165, 1.54) is 0 Å². The number of piperazine rings is 1. The number of rotatable bonds is 7. The molecule has 0 unspecified atom stereocenters. The van der Waals surface area contributed by atoms with Gasteiger partial charge in [-0.25, -0.2) is 4.79 Å². The number of fused-ring (bicyclic) bond motifs is 1. The Labute approximate surface area is 233 Å². The standard InChI is InChI=1S/C27H30Cl2N4O4.CH4/c1-4-37-27(36)23-24(19-7-5-6-8-22(19)33(26(23)35)16-11-30(2)3)31-12-14-32(15-13-31)25(34)18-9-10-20(28)21(29)17-18;/h5-10,17H,4,11-16H2,1-3H3;1H4. The van der Waals surface area contributed by atoms with Gasteiger partial charge < -0.3 is 24.0 Å². The Morgan fingerprint density at radius 1 is 1.00 bits per heavy atom. The lowest BCUT2D eigenvalue weighted by Crippen LogP contribution is -2.49. The Morgan fingerprint density at radius 3 is 2.32 bits per heavy atom. The van der Waals surface area contributed by atoms with Crippen molar-refractivity contribution in [2.24, 2.45) is 0 Å². The molecule has 0 saturated carbocycles. The molecule has 204 valence electrons. The smallest absolute Gasteiger partial charge is 0.345 e. The summed E-state index contributed by atoms with van der Waals surface area (Å²) in [6, 6.07) is 12.4. The maximum atomic E-state index is 13.7. The van der Waals surface area contributed by atoms with Gasteiger partial charge in [-0.15, -0.1) is 0 Å². The summed E-state index contributed by atoms with van der Waals surface area (Å²) in [6.07, 6.45) is 0. The lowest BCUT2D eigenvalue weighted by Gasteiger charge is -2.37. The zero-order chi connectivity index (χ0) is 26.7. The van der Waals surface area contributed by atoms with Gasteiger partial charge in [-0.05, 0) is 45.3 Å². The molecular weight excluding hydrogens is 527 g/mol. The number of halogens is 2. The van der Waals surface area contributed by atoms with E-state index in [2.05, 4.69) is 0 Å². The fourth-order valence-electron chi connectivity index (χ4n) is 4.57. The molecule has 1 aromatic heterocycles. The van der Waals surface area contributed by atoms with Crippen LogP contribution < -0.4 is 10.5 Å². The third-order valence-corrected chi connectivity index (χ3v) is 7.18. The van der Waals surface area contributed by atoms with Gasteiger partial charge in [-0.3, -0.25) is 9.59 Å². The van der Waals surface area contributed by atoms with Gasteiger partial charge in [0.15, 0.2) is 0 Å². The maximum absolute atomic E-state index is 13.7. The van der Waals surface area contributed by atoms with Gasteiger partial charge in [0.1, 0.15) is 5.56 Å². The molecule has 4 rings (SSSR count). The van der Waals surface area contributed by atoms with Crippen LogP contribution in [0.3, 0.4) is 0 Å². The van der Waals surface area contributed by atoms with Crippen LogP contribution in [-0.2, 0) is 11.3 Å². The molecule has 38 heavy (non-hydrogen) atoms. The number of esters is 1. The Balaban J connectivity index is 0.00000400. The van der Waals surface area contributed by atoms with Gasteiger partial charge in [0, 0.05) is 50.2 Å². The van der Waals surface area contributed by atoms with E-state index in [1.807, 2.05) is 48.2 Å². The van der Waals surface area contributed by atoms with Crippen molar-refractivity contribution in [2.75, 3.05) is 58.3 Å². The van der Waals surface area contributed by atoms with Crippen molar-refractivity contribution in [1.82, 2.24) is 14.4 Å². The number of hydrogen-bond acceptors (Lipinski definition) is 6. The van der Waals surface area contributed by atoms with E-state index in [-0.39, 0.29) is 31.1 Å². The minimum atomic E-state index is -0.638. The number of para-hydroxylation sites is 1. The van der Waals surface area contributed by atoms with Crippen molar-refractivity contribution in [1.29, 1.82) is 0 Å². The first-order valence-corrected chi connectivity index (χ1v) is 12.9. The lowest BCUT2D eigenvalue weighted by atomic mass is 10.1. The van der Waals surface area contributed by atoms with E-state index in [0.29, 0.717) is 60.6 Å². The predicted octanol–water partition coefficient (Wildman–Crippen LogP) is 4.65. The van der Waals surface area contributed by atoms with E-state index in [9.17, 15) is 14.4 Å². The number of carbonyl (C=O) groups is 2. The summed E-state index contributed by atoms with van der Waals surface area (Å²) < 4.78 is 6.98. The molecular formula is C28H34Cl2N4O4. The zero-order valence-corrected chi connectivity index (χ0v) is 22.7. The van der Waals surface area contributed by atoms with Crippen molar-refractivity contribution in [3.63, 3.8) is 0 Å². The third kappa shape index (κ3) is 5.98. The first-order chi connectivity index (χ1) is 17.7. The SMILES string of the molecule is C.CCOC(=O)c1c(N2CCN(C(=O)c3ccc(Cl)c(Cl)c3)CC2)c2ccccc2n(CCN(C)C)c1=O. The minimum absolute atomic E-state index is 0. The number of hydrogen-bond donors (Lipinski definition) is 0. The van der Waals surface area contributed by atoms with Crippen molar-refractivity contribution < 1.29 is 14.3 Å². The first kappa shape index (κ1) is 29.5. The molecule has 1 aliphatic rings. The molecule has 3 aromatic rings. The summed E-state index contributed by atoms with van der Waals surface area (Å²) in [5.74, 6) is -0.783. The number of ether oxygens (including phenoxy) is 1. The molecule has 1 amide bonds. The van der Waals surface area contributed by atoms with E-state index >= 15 is 0 Å². The fourth-order valence-corrected chi connectivity index (χ4v) is 4.87. The molecule has 8 nitrogen and oxygen atoms in total. The molecule has 10 heteroatoms. The van der Waals surface area contributed by atoms with Crippen LogP contribution in [0.15, 0.2) is 47.3 Å². The van der Waals surface area contributed by atoms with Crippen molar-refractivity contribution in [3.8, 4) is 0 Å². The number of benzene rings is 2. The van der Waals surface area contributed by atoms with Crippen LogP contribution >= 0.6 is 23.2 Å². The number of aromatic nitrogens is 1. The van der Waals surface area contributed by atoms with E-state index in [0.717, 1.165) is 10.9 Å². The van der Waals surface area contributed by atoms with Gasteiger partial charge in [-0.2, -0.15) is 0 Å². The summed E-state index contributed by atoms with van der Waals surface area (Å²) in [4.78, 5) is 45.7. The van der Waals surface area contributed by atoms with E-state index in [1.54, 1.807) is 34.6 Å². The van der Waals surface area contributed by atoms with Crippen molar-refractivity contribution in [3.05, 3.63) is 74.0 Å².